The second-order valence-corrected chi connectivity index (χ2v) is 4.51. The van der Waals surface area contributed by atoms with E-state index in [0.29, 0.717) is 6.54 Å². The van der Waals surface area contributed by atoms with Gasteiger partial charge in [-0.3, -0.25) is 0 Å². The number of nitrogens with zero attached hydrogens (tertiary/aromatic N) is 5. The van der Waals surface area contributed by atoms with Crippen molar-refractivity contribution in [3.63, 3.8) is 0 Å². The van der Waals surface area contributed by atoms with E-state index >= 15 is 0 Å². The Hall–Kier alpha value is -2.21. The molecule has 0 saturated carbocycles. The summed E-state index contributed by atoms with van der Waals surface area (Å²) in [5, 5.41) is 16.6. The minimum atomic E-state index is 0.637. The Labute approximate surface area is 111 Å². The van der Waals surface area contributed by atoms with Crippen LogP contribution in [0.3, 0.4) is 0 Å². The van der Waals surface area contributed by atoms with Crippen molar-refractivity contribution < 1.29 is 0 Å². The van der Waals surface area contributed by atoms with Crippen LogP contribution in [-0.4, -0.2) is 31.8 Å². The van der Waals surface area contributed by atoms with Crippen LogP contribution in [0.4, 0.5) is 0 Å². The van der Waals surface area contributed by atoms with Crippen molar-refractivity contribution in [3.8, 4) is 0 Å². The molecule has 3 rings (SSSR count). The molecular weight excluding hydrogens is 240 g/mol. The van der Waals surface area contributed by atoms with Gasteiger partial charge in [-0.25, -0.2) is 0 Å². The van der Waals surface area contributed by atoms with E-state index in [-0.39, 0.29) is 0 Å². The molecule has 0 fully saturated rings. The Morgan fingerprint density at radius 2 is 2.11 bits per heavy atom. The van der Waals surface area contributed by atoms with E-state index < -0.39 is 0 Å². The maximum absolute atomic E-state index is 4.25. The van der Waals surface area contributed by atoms with Crippen molar-refractivity contribution in [2.24, 2.45) is 7.05 Å². The number of benzene rings is 1. The molecule has 0 spiro atoms. The van der Waals surface area contributed by atoms with Crippen LogP contribution in [0.15, 0.2) is 30.3 Å². The lowest BCUT2D eigenvalue weighted by molar-refractivity contribution is 0.623. The number of aryl methyl sites for hydroxylation is 1. The van der Waals surface area contributed by atoms with Crippen LogP contribution >= 0.6 is 0 Å². The molecular formula is C13H16N6. The predicted octanol–water partition coefficient (Wildman–Crippen LogP) is 0.932. The third-order valence-corrected chi connectivity index (χ3v) is 3.10. The van der Waals surface area contributed by atoms with Gasteiger partial charge < -0.3 is 9.88 Å². The van der Waals surface area contributed by atoms with Gasteiger partial charge in [0.2, 0.25) is 0 Å². The van der Waals surface area contributed by atoms with Gasteiger partial charge in [0.05, 0.1) is 13.6 Å². The number of hydrogen-bond acceptors (Lipinski definition) is 4. The zero-order valence-electron chi connectivity index (χ0n) is 11.0. The van der Waals surface area contributed by atoms with E-state index in [9.17, 15) is 0 Å². The highest BCUT2D eigenvalue weighted by atomic mass is 15.6. The molecule has 19 heavy (non-hydrogen) atoms. The van der Waals surface area contributed by atoms with E-state index in [1.807, 2.05) is 13.1 Å². The molecule has 0 amide bonds. The van der Waals surface area contributed by atoms with Gasteiger partial charge in [-0.15, -0.1) is 10.2 Å². The van der Waals surface area contributed by atoms with Crippen LogP contribution in [-0.2, 0) is 20.1 Å². The lowest BCUT2D eigenvalue weighted by atomic mass is 10.2. The van der Waals surface area contributed by atoms with Gasteiger partial charge in [0.25, 0.3) is 0 Å². The molecule has 0 radical (unpaired) electrons. The number of hydrogen-bond donors (Lipinski definition) is 1. The van der Waals surface area contributed by atoms with Gasteiger partial charge >= 0.3 is 0 Å². The highest BCUT2D eigenvalue weighted by Crippen LogP contribution is 2.20. The summed E-state index contributed by atoms with van der Waals surface area (Å²) in [7, 11) is 3.72. The highest BCUT2D eigenvalue weighted by Gasteiger charge is 2.10. The zero-order valence-corrected chi connectivity index (χ0v) is 11.0. The average Bonchev–Trinajstić information content (AvgIpc) is 2.96. The standard InChI is InChI=1S/C13H16N6/c1-14-8-11-7-10-5-3-4-6-12(10)19(11)9-13-15-17-18(2)16-13/h3-7,14H,8-9H2,1-2H3. The Bertz CT molecular complexity index is 696. The van der Waals surface area contributed by atoms with Crippen molar-refractivity contribution in [1.29, 1.82) is 0 Å². The lowest BCUT2D eigenvalue weighted by Crippen LogP contribution is -2.12. The maximum Gasteiger partial charge on any atom is 0.194 e. The summed E-state index contributed by atoms with van der Waals surface area (Å²) < 4.78 is 2.23. The molecule has 6 nitrogen and oxygen atoms in total. The predicted molar refractivity (Wildman–Crippen MR) is 72.6 cm³/mol. The van der Waals surface area contributed by atoms with Crippen LogP contribution in [0.5, 0.6) is 0 Å². The first-order chi connectivity index (χ1) is 9.28. The Kier molecular flexibility index (Phi) is 3.00. The molecule has 2 heterocycles. The van der Waals surface area contributed by atoms with E-state index in [0.717, 1.165) is 12.4 Å². The van der Waals surface area contributed by atoms with Gasteiger partial charge in [0, 0.05) is 17.8 Å². The lowest BCUT2D eigenvalue weighted by Gasteiger charge is -2.07. The fraction of sp³-hybridized carbons (Fsp3) is 0.308. The summed E-state index contributed by atoms with van der Waals surface area (Å²) in [4.78, 5) is 1.48. The monoisotopic (exact) mass is 256 g/mol. The van der Waals surface area contributed by atoms with Gasteiger partial charge in [-0.05, 0) is 29.8 Å². The fourth-order valence-corrected chi connectivity index (χ4v) is 2.31. The van der Waals surface area contributed by atoms with E-state index in [1.54, 1.807) is 7.05 Å². The largest absolute Gasteiger partial charge is 0.335 e. The first kappa shape index (κ1) is 11.9. The highest BCUT2D eigenvalue weighted by molar-refractivity contribution is 5.81. The number of rotatable bonds is 4. The normalized spacial score (nSPS) is 11.3. The van der Waals surface area contributed by atoms with Crippen molar-refractivity contribution in [2.75, 3.05) is 7.05 Å². The molecule has 1 aromatic carbocycles. The SMILES string of the molecule is CNCc1cc2ccccc2n1Cc1nnn(C)n1. The van der Waals surface area contributed by atoms with Crippen LogP contribution < -0.4 is 5.32 Å². The molecule has 1 N–H and O–H groups in total. The third kappa shape index (κ3) is 2.22. The molecule has 6 heteroatoms. The zero-order chi connectivity index (χ0) is 13.2. The summed E-state index contributed by atoms with van der Waals surface area (Å²) in [6.45, 7) is 1.45. The molecule has 98 valence electrons. The molecule has 0 aliphatic carbocycles. The molecule has 0 aliphatic heterocycles. The fourth-order valence-electron chi connectivity index (χ4n) is 2.31. The number of fused-ring (bicyclic) bond motifs is 1. The summed E-state index contributed by atoms with van der Waals surface area (Å²) >= 11 is 0. The number of nitrogens with one attached hydrogen (secondary N) is 1. The second kappa shape index (κ2) is 4.81. The Morgan fingerprint density at radius 1 is 1.26 bits per heavy atom. The quantitative estimate of drug-likeness (QED) is 0.754. The van der Waals surface area contributed by atoms with Crippen molar-refractivity contribution >= 4 is 10.9 Å². The Balaban J connectivity index is 2.06. The minimum absolute atomic E-state index is 0.637. The van der Waals surface area contributed by atoms with Crippen molar-refractivity contribution in [1.82, 2.24) is 30.1 Å². The van der Waals surface area contributed by atoms with E-state index in [2.05, 4.69) is 49.6 Å². The van der Waals surface area contributed by atoms with Crippen LogP contribution in [0, 0.1) is 0 Å². The first-order valence-corrected chi connectivity index (χ1v) is 6.22. The van der Waals surface area contributed by atoms with Gasteiger partial charge in [0.1, 0.15) is 0 Å². The van der Waals surface area contributed by atoms with Gasteiger partial charge in [0.15, 0.2) is 5.82 Å². The molecule has 0 bridgehead atoms. The van der Waals surface area contributed by atoms with Crippen LogP contribution in [0.2, 0.25) is 0 Å². The van der Waals surface area contributed by atoms with Crippen LogP contribution in [0.25, 0.3) is 10.9 Å². The maximum atomic E-state index is 4.25. The number of tetrazole rings is 1. The molecule has 0 atom stereocenters. The van der Waals surface area contributed by atoms with Gasteiger partial charge in [-0.1, -0.05) is 18.2 Å². The average molecular weight is 256 g/mol. The molecule has 0 saturated heterocycles. The van der Waals surface area contributed by atoms with E-state index in [1.165, 1.54) is 21.4 Å². The summed E-state index contributed by atoms with van der Waals surface area (Å²) in [5.74, 6) is 0.723. The van der Waals surface area contributed by atoms with E-state index in [4.69, 9.17) is 0 Å². The molecule has 2 aromatic heterocycles. The minimum Gasteiger partial charge on any atom is -0.335 e. The molecule has 3 aromatic rings. The number of aromatic nitrogens is 5. The topological polar surface area (TPSA) is 60.6 Å². The Morgan fingerprint density at radius 3 is 2.84 bits per heavy atom. The van der Waals surface area contributed by atoms with Crippen molar-refractivity contribution in [2.45, 2.75) is 13.1 Å². The molecule has 0 aliphatic rings. The molecule has 0 unspecified atom stereocenters. The first-order valence-electron chi connectivity index (χ1n) is 6.22. The second-order valence-electron chi connectivity index (χ2n) is 4.51. The third-order valence-electron chi connectivity index (χ3n) is 3.10. The number of para-hydroxylation sites is 1. The summed E-state index contributed by atoms with van der Waals surface area (Å²) in [5.41, 5.74) is 2.41. The summed E-state index contributed by atoms with van der Waals surface area (Å²) in [6, 6.07) is 10.5. The van der Waals surface area contributed by atoms with Crippen molar-refractivity contribution in [3.05, 3.63) is 41.9 Å². The van der Waals surface area contributed by atoms with Crippen LogP contribution in [0.1, 0.15) is 11.5 Å². The smallest absolute Gasteiger partial charge is 0.194 e. The van der Waals surface area contributed by atoms with Gasteiger partial charge in [-0.2, -0.15) is 4.80 Å². The summed E-state index contributed by atoms with van der Waals surface area (Å²) in [6.07, 6.45) is 0.